The van der Waals surface area contributed by atoms with Gasteiger partial charge in [0.25, 0.3) is 0 Å². The molecule has 11 rings (SSSR count). The van der Waals surface area contributed by atoms with Crippen molar-refractivity contribution < 1.29 is 18.1 Å². The largest absolute Gasteiger partial charge is 0.456 e. The number of benzene rings is 8. The standard InChI is InChI=1S/C53H34N4O/c1-3-15-33(4-2)51-54-52(34-16-6-5-7-17-34)56-53(55-51)43-23-14-25-48-50(43)42-27-26-37(32-49(42)58-48)38-28-29-46(40-21-11-10-20-39(38)40)57-45-24-13-12-22-41(45)44-30-35-18-8-9-19-36(35)31-47(44)57/h3-32H,1-2H2/b33-15+/i1D,2D,3D,4D,5D,6D,7D,15D,16D,17D/b3-1?,4-2?,33-15+. The summed E-state index contributed by atoms with van der Waals surface area (Å²) in [6.07, 6.45) is 0. The average molecular weight is 753 g/mol. The van der Waals surface area contributed by atoms with Crippen molar-refractivity contribution in [3.8, 4) is 39.6 Å². The van der Waals surface area contributed by atoms with E-state index in [2.05, 4.69) is 104 Å². The quantitative estimate of drug-likeness (QED) is 0.152. The van der Waals surface area contributed by atoms with Crippen LogP contribution in [0.5, 0.6) is 0 Å². The van der Waals surface area contributed by atoms with Gasteiger partial charge in [-0.1, -0.05) is 152 Å². The summed E-state index contributed by atoms with van der Waals surface area (Å²) in [5.41, 5.74) is 5.80. The summed E-state index contributed by atoms with van der Waals surface area (Å²) in [6.45, 7) is 1.24. The molecule has 58 heavy (non-hydrogen) atoms. The number of furan rings is 1. The molecule has 272 valence electrons. The van der Waals surface area contributed by atoms with Crippen LogP contribution in [0.25, 0.3) is 110 Å². The van der Waals surface area contributed by atoms with Gasteiger partial charge in [-0.25, -0.2) is 15.0 Å². The molecule has 0 aliphatic carbocycles. The number of para-hydroxylation sites is 1. The highest BCUT2D eigenvalue weighted by atomic mass is 16.3. The van der Waals surface area contributed by atoms with Gasteiger partial charge in [0.15, 0.2) is 17.5 Å². The molecule has 0 aliphatic rings. The second-order valence-corrected chi connectivity index (χ2v) is 13.8. The Morgan fingerprint density at radius 3 is 2.26 bits per heavy atom. The molecule has 0 saturated heterocycles. The van der Waals surface area contributed by atoms with Gasteiger partial charge in [-0.3, -0.25) is 0 Å². The summed E-state index contributed by atoms with van der Waals surface area (Å²) in [6, 6.07) is 40.4. The SMILES string of the molecule is [2H]C=C([2H])/C([2H])=C(\C([2H])=C[2H])c1nc(-c2c([2H])c([2H])c([2H])c([2H])c2[2H])nc(-c2cccc3oc4cc(-c5ccc(-n6c7ccccc7c7cc8ccccc8cc76)c6ccccc56)ccc4c23)n1. The number of rotatable bonds is 7. The molecule has 5 heteroatoms. The first-order valence-corrected chi connectivity index (χ1v) is 18.5. The van der Waals surface area contributed by atoms with Gasteiger partial charge in [0.2, 0.25) is 0 Å². The van der Waals surface area contributed by atoms with Crippen molar-refractivity contribution >= 4 is 70.9 Å². The Morgan fingerprint density at radius 1 is 0.603 bits per heavy atom. The second-order valence-electron chi connectivity index (χ2n) is 13.8. The van der Waals surface area contributed by atoms with Crippen molar-refractivity contribution in [1.82, 2.24) is 19.5 Å². The number of hydrogen-bond acceptors (Lipinski definition) is 4. The molecule has 8 aromatic carbocycles. The van der Waals surface area contributed by atoms with Crippen LogP contribution in [-0.4, -0.2) is 19.5 Å². The maximum Gasteiger partial charge on any atom is 0.164 e. The van der Waals surface area contributed by atoms with Gasteiger partial charge in [0.05, 0.1) is 30.4 Å². The molecular weight excluding hydrogens is 709 g/mol. The lowest BCUT2D eigenvalue weighted by Crippen LogP contribution is -2.02. The minimum atomic E-state index is -0.638. The zero-order valence-corrected chi connectivity index (χ0v) is 30.6. The summed E-state index contributed by atoms with van der Waals surface area (Å²) >= 11 is 0. The Balaban J connectivity index is 1.10. The number of fused-ring (bicyclic) bond motifs is 8. The summed E-state index contributed by atoms with van der Waals surface area (Å²) in [5, 5.41) is 8.06. The average Bonchev–Trinajstić information content (AvgIpc) is 3.91. The van der Waals surface area contributed by atoms with Crippen molar-refractivity contribution in [3.63, 3.8) is 0 Å². The summed E-state index contributed by atoms with van der Waals surface area (Å²) in [4.78, 5) is 13.8. The Morgan fingerprint density at radius 2 is 1.40 bits per heavy atom. The molecule has 3 aromatic heterocycles. The fourth-order valence-corrected chi connectivity index (χ4v) is 8.13. The van der Waals surface area contributed by atoms with Crippen LogP contribution in [-0.2, 0) is 0 Å². The highest BCUT2D eigenvalue weighted by Gasteiger charge is 2.20. The minimum absolute atomic E-state index is 0.0571. The molecular formula is C53H34N4O. The molecule has 11 aromatic rings. The first-order chi connectivity index (χ1) is 33.0. The van der Waals surface area contributed by atoms with Gasteiger partial charge < -0.3 is 8.98 Å². The van der Waals surface area contributed by atoms with Crippen LogP contribution in [0.15, 0.2) is 199 Å². The van der Waals surface area contributed by atoms with Crippen LogP contribution in [0.3, 0.4) is 0 Å². The van der Waals surface area contributed by atoms with Crippen LogP contribution < -0.4 is 0 Å². The fourth-order valence-electron chi connectivity index (χ4n) is 8.13. The second kappa shape index (κ2) is 13.4. The molecule has 0 aliphatic heterocycles. The van der Waals surface area contributed by atoms with Gasteiger partial charge in [0.1, 0.15) is 11.2 Å². The molecule has 3 heterocycles. The Hall–Kier alpha value is -7.89. The van der Waals surface area contributed by atoms with Crippen LogP contribution in [0.1, 0.15) is 19.5 Å². The van der Waals surface area contributed by atoms with E-state index < -0.39 is 53.9 Å². The Kier molecular flexibility index (Phi) is 5.68. The van der Waals surface area contributed by atoms with Gasteiger partial charge in [0, 0.05) is 43.6 Å². The molecule has 0 saturated carbocycles. The van der Waals surface area contributed by atoms with Crippen molar-refractivity contribution in [2.75, 3.05) is 0 Å². The normalized spacial score (nSPS) is 15.4. The van der Waals surface area contributed by atoms with Gasteiger partial charge in [-0.15, -0.1) is 0 Å². The van der Waals surface area contributed by atoms with Crippen molar-refractivity contribution in [2.24, 2.45) is 0 Å². The Labute approximate surface area is 348 Å². The van der Waals surface area contributed by atoms with Crippen molar-refractivity contribution in [3.05, 3.63) is 201 Å². The maximum absolute atomic E-state index is 8.74. The van der Waals surface area contributed by atoms with E-state index >= 15 is 0 Å². The lowest BCUT2D eigenvalue weighted by molar-refractivity contribution is 0.669. The lowest BCUT2D eigenvalue weighted by Gasteiger charge is -2.15. The van der Waals surface area contributed by atoms with Crippen LogP contribution in [0.2, 0.25) is 0 Å². The zero-order chi connectivity index (χ0) is 47.1. The molecule has 5 nitrogen and oxygen atoms in total. The zero-order valence-electron chi connectivity index (χ0n) is 40.6. The third kappa shape index (κ3) is 5.29. The van der Waals surface area contributed by atoms with E-state index in [1.54, 1.807) is 18.2 Å². The highest BCUT2D eigenvalue weighted by molar-refractivity contribution is 6.16. The number of allylic oxidation sites excluding steroid dienone is 4. The molecule has 0 fully saturated rings. The summed E-state index contributed by atoms with van der Waals surface area (Å²) < 4.78 is 92.3. The van der Waals surface area contributed by atoms with Gasteiger partial charge >= 0.3 is 0 Å². The smallest absolute Gasteiger partial charge is 0.164 e. The van der Waals surface area contributed by atoms with E-state index in [1.165, 1.54) is 16.2 Å². The fraction of sp³-hybridized carbons (Fsp3) is 0. The Bertz CT molecular complexity index is 4030. The van der Waals surface area contributed by atoms with E-state index in [-0.39, 0.29) is 23.0 Å². The molecule has 0 spiro atoms. The number of hydrogen-bond donors (Lipinski definition) is 0. The van der Waals surface area contributed by atoms with E-state index in [4.69, 9.17) is 18.1 Å². The predicted molar refractivity (Wildman–Crippen MR) is 241 cm³/mol. The van der Waals surface area contributed by atoms with Crippen molar-refractivity contribution in [2.45, 2.75) is 0 Å². The minimum Gasteiger partial charge on any atom is -0.456 e. The third-order valence-corrected chi connectivity index (χ3v) is 10.7. The molecule has 0 atom stereocenters. The summed E-state index contributed by atoms with van der Waals surface area (Å²) in [7, 11) is 0. The van der Waals surface area contributed by atoms with Crippen LogP contribution in [0, 0.1) is 0 Å². The monoisotopic (exact) mass is 752 g/mol. The van der Waals surface area contributed by atoms with E-state index in [9.17, 15) is 0 Å². The third-order valence-electron chi connectivity index (χ3n) is 10.7. The molecule has 0 bridgehead atoms. The predicted octanol–water partition coefficient (Wildman–Crippen LogP) is 13.9. The van der Waals surface area contributed by atoms with E-state index in [0.717, 1.165) is 44.0 Å². The van der Waals surface area contributed by atoms with E-state index in [0.29, 0.717) is 40.6 Å². The maximum atomic E-state index is 8.74. The van der Waals surface area contributed by atoms with Crippen LogP contribution in [0.4, 0.5) is 0 Å². The first kappa shape index (κ1) is 24.6. The van der Waals surface area contributed by atoms with Crippen LogP contribution >= 0.6 is 0 Å². The topological polar surface area (TPSA) is 56.7 Å². The highest BCUT2D eigenvalue weighted by Crippen LogP contribution is 2.42. The summed E-state index contributed by atoms with van der Waals surface area (Å²) in [5.74, 6) is -0.792. The molecule has 0 unspecified atom stereocenters. The molecule has 0 N–H and O–H groups in total. The first-order valence-electron chi connectivity index (χ1n) is 23.7. The van der Waals surface area contributed by atoms with Gasteiger partial charge in [-0.2, -0.15) is 0 Å². The lowest BCUT2D eigenvalue weighted by atomic mass is 9.95. The van der Waals surface area contributed by atoms with Gasteiger partial charge in [-0.05, 0) is 69.8 Å². The number of nitrogens with zero attached hydrogens (tertiary/aromatic N) is 4. The molecule has 0 radical (unpaired) electrons. The van der Waals surface area contributed by atoms with Crippen molar-refractivity contribution in [1.29, 1.82) is 0 Å². The number of aromatic nitrogens is 4. The molecule has 0 amide bonds. The van der Waals surface area contributed by atoms with E-state index in [1.807, 2.05) is 30.3 Å².